The maximum Gasteiger partial charge on any atom is 0.216 e. The van der Waals surface area contributed by atoms with Gasteiger partial charge in [0.15, 0.2) is 0 Å². The Morgan fingerprint density at radius 2 is 1.70 bits per heavy atom. The first kappa shape index (κ1) is 14.2. The molecule has 0 spiro atoms. The minimum absolute atomic E-state index is 0.107. The Balaban J connectivity index is 1.98. The molecule has 0 aliphatic heterocycles. The summed E-state index contributed by atoms with van der Waals surface area (Å²) in [5, 5.41) is 8.69. The summed E-state index contributed by atoms with van der Waals surface area (Å²) in [5.74, 6) is -0.107. The summed E-state index contributed by atoms with van der Waals surface area (Å²) in [6.07, 6.45) is 3.23. The van der Waals surface area contributed by atoms with E-state index in [1.807, 2.05) is 6.07 Å². The van der Waals surface area contributed by atoms with Crippen molar-refractivity contribution < 1.29 is 8.42 Å². The lowest BCUT2D eigenvalue weighted by molar-refractivity contribution is 0.580. The predicted octanol–water partition coefficient (Wildman–Crippen LogP) is 1.57. The molecule has 20 heavy (non-hydrogen) atoms. The Morgan fingerprint density at radius 1 is 1.05 bits per heavy atom. The lowest BCUT2D eigenvalue weighted by Crippen LogP contribution is -2.24. The third-order valence-electron chi connectivity index (χ3n) is 2.69. The number of hydrogen-bond acceptors (Lipinski definition) is 4. The second-order valence-corrected chi connectivity index (χ2v) is 6.05. The fourth-order valence-electron chi connectivity index (χ4n) is 1.64. The summed E-state index contributed by atoms with van der Waals surface area (Å²) in [4.78, 5) is 3.87. The molecule has 0 aliphatic rings. The lowest BCUT2D eigenvalue weighted by Gasteiger charge is -2.07. The largest absolute Gasteiger partial charge is 0.265 e. The van der Waals surface area contributed by atoms with Crippen molar-refractivity contribution in [1.29, 1.82) is 5.26 Å². The van der Waals surface area contributed by atoms with E-state index in [0.717, 1.165) is 5.56 Å². The van der Waals surface area contributed by atoms with E-state index in [-0.39, 0.29) is 12.3 Å². The second-order valence-electron chi connectivity index (χ2n) is 4.24. The molecule has 102 valence electrons. The van der Waals surface area contributed by atoms with Crippen LogP contribution < -0.4 is 4.72 Å². The molecule has 1 heterocycles. The summed E-state index contributed by atoms with van der Waals surface area (Å²) in [7, 11) is -3.41. The molecule has 6 heteroatoms. The Hall–Kier alpha value is -2.23. The van der Waals surface area contributed by atoms with Crippen LogP contribution in [0.25, 0.3) is 0 Å². The van der Waals surface area contributed by atoms with E-state index in [1.165, 1.54) is 0 Å². The van der Waals surface area contributed by atoms with Gasteiger partial charge in [0.25, 0.3) is 0 Å². The quantitative estimate of drug-likeness (QED) is 0.905. The number of nitrogens with one attached hydrogen (secondary N) is 1. The van der Waals surface area contributed by atoms with Gasteiger partial charge in [0.2, 0.25) is 10.0 Å². The third-order valence-corrected chi connectivity index (χ3v) is 3.98. The van der Waals surface area contributed by atoms with Crippen LogP contribution in [0.1, 0.15) is 16.7 Å². The molecule has 0 bridgehead atoms. The van der Waals surface area contributed by atoms with Crippen molar-refractivity contribution >= 4 is 10.0 Å². The van der Waals surface area contributed by atoms with E-state index in [9.17, 15) is 8.42 Å². The Morgan fingerprint density at radius 3 is 2.30 bits per heavy atom. The summed E-state index contributed by atoms with van der Waals surface area (Å²) >= 11 is 0. The highest BCUT2D eigenvalue weighted by atomic mass is 32.2. The maximum atomic E-state index is 11.9. The molecule has 0 amide bonds. The zero-order valence-electron chi connectivity index (χ0n) is 10.7. The van der Waals surface area contributed by atoms with E-state index >= 15 is 0 Å². The van der Waals surface area contributed by atoms with Gasteiger partial charge >= 0.3 is 0 Å². The predicted molar refractivity (Wildman–Crippen MR) is 74.9 cm³/mol. The summed E-state index contributed by atoms with van der Waals surface area (Å²) in [5.41, 5.74) is 2.01. The van der Waals surface area contributed by atoms with Crippen LogP contribution in [0.2, 0.25) is 0 Å². The highest BCUT2D eigenvalue weighted by Gasteiger charge is 2.11. The monoisotopic (exact) mass is 287 g/mol. The van der Waals surface area contributed by atoms with Crippen LogP contribution in [0.4, 0.5) is 0 Å². The highest BCUT2D eigenvalue weighted by molar-refractivity contribution is 7.88. The van der Waals surface area contributed by atoms with Crippen LogP contribution in [0, 0.1) is 11.3 Å². The number of benzene rings is 1. The first-order valence-electron chi connectivity index (χ1n) is 5.94. The molecule has 1 aromatic carbocycles. The van der Waals surface area contributed by atoms with Crippen molar-refractivity contribution in [2.24, 2.45) is 0 Å². The molecule has 0 saturated heterocycles. The zero-order valence-corrected chi connectivity index (χ0v) is 11.5. The second kappa shape index (κ2) is 6.28. The molecule has 0 aliphatic carbocycles. The van der Waals surface area contributed by atoms with Crippen molar-refractivity contribution in [2.45, 2.75) is 12.3 Å². The SMILES string of the molecule is N#Cc1ccc(CS(=O)(=O)NCc2ccncc2)cc1. The molecule has 0 fully saturated rings. The molecular formula is C14H13N3O2S. The molecule has 1 N–H and O–H groups in total. The zero-order chi connectivity index (χ0) is 14.4. The van der Waals surface area contributed by atoms with E-state index in [2.05, 4.69) is 9.71 Å². The molecule has 2 aromatic rings. The number of hydrogen-bond donors (Lipinski definition) is 1. The van der Waals surface area contributed by atoms with Crippen LogP contribution in [0.3, 0.4) is 0 Å². The normalized spacial score (nSPS) is 10.9. The fraction of sp³-hybridized carbons (Fsp3) is 0.143. The number of nitrogens with zero attached hydrogens (tertiary/aromatic N) is 2. The van der Waals surface area contributed by atoms with Crippen molar-refractivity contribution in [3.63, 3.8) is 0 Å². The highest BCUT2D eigenvalue weighted by Crippen LogP contribution is 2.08. The first-order valence-corrected chi connectivity index (χ1v) is 7.59. The van der Waals surface area contributed by atoms with E-state index < -0.39 is 10.0 Å². The molecule has 0 atom stereocenters. The molecule has 1 aromatic heterocycles. The molecule has 5 nitrogen and oxygen atoms in total. The van der Waals surface area contributed by atoms with Gasteiger partial charge in [0.1, 0.15) is 0 Å². The van der Waals surface area contributed by atoms with Crippen LogP contribution in [-0.4, -0.2) is 13.4 Å². The standard InChI is InChI=1S/C14H13N3O2S/c15-9-12-1-3-14(4-2-12)11-20(18,19)17-10-13-5-7-16-8-6-13/h1-8,17H,10-11H2. The van der Waals surface area contributed by atoms with Gasteiger partial charge in [-0.2, -0.15) is 5.26 Å². The maximum absolute atomic E-state index is 11.9. The van der Waals surface area contributed by atoms with Gasteiger partial charge < -0.3 is 0 Å². The van der Waals surface area contributed by atoms with Crippen LogP contribution in [0.15, 0.2) is 48.8 Å². The third kappa shape index (κ3) is 4.16. The minimum atomic E-state index is -3.41. The Bertz CT molecular complexity index is 704. The van der Waals surface area contributed by atoms with Crippen LogP contribution in [0.5, 0.6) is 0 Å². The van der Waals surface area contributed by atoms with Gasteiger partial charge in [-0.1, -0.05) is 12.1 Å². The fourth-order valence-corrected chi connectivity index (χ4v) is 2.76. The van der Waals surface area contributed by atoms with Gasteiger partial charge in [0.05, 0.1) is 17.4 Å². The number of pyridine rings is 1. The Labute approximate surface area is 118 Å². The van der Waals surface area contributed by atoms with Crippen LogP contribution in [-0.2, 0) is 22.3 Å². The average molecular weight is 287 g/mol. The first-order chi connectivity index (χ1) is 9.59. The van der Waals surface area contributed by atoms with Gasteiger partial charge in [-0.3, -0.25) is 4.98 Å². The lowest BCUT2D eigenvalue weighted by atomic mass is 10.2. The molecule has 0 unspecified atom stereocenters. The topological polar surface area (TPSA) is 82.8 Å². The van der Waals surface area contributed by atoms with E-state index in [1.54, 1.807) is 48.8 Å². The van der Waals surface area contributed by atoms with E-state index in [0.29, 0.717) is 11.1 Å². The van der Waals surface area contributed by atoms with Gasteiger partial charge in [0, 0.05) is 18.9 Å². The van der Waals surface area contributed by atoms with Gasteiger partial charge in [-0.25, -0.2) is 13.1 Å². The number of rotatable bonds is 5. The molecule has 2 rings (SSSR count). The summed E-state index contributed by atoms with van der Waals surface area (Å²) in [6.45, 7) is 0.237. The minimum Gasteiger partial charge on any atom is -0.265 e. The van der Waals surface area contributed by atoms with Crippen molar-refractivity contribution in [3.8, 4) is 6.07 Å². The Kier molecular flexibility index (Phi) is 4.45. The smallest absolute Gasteiger partial charge is 0.216 e. The molecular weight excluding hydrogens is 274 g/mol. The summed E-state index contributed by atoms with van der Waals surface area (Å²) < 4.78 is 26.4. The van der Waals surface area contributed by atoms with Crippen molar-refractivity contribution in [1.82, 2.24) is 9.71 Å². The number of nitriles is 1. The molecule has 0 saturated carbocycles. The van der Waals surface area contributed by atoms with Crippen molar-refractivity contribution in [2.75, 3.05) is 0 Å². The van der Waals surface area contributed by atoms with Gasteiger partial charge in [-0.05, 0) is 35.4 Å². The van der Waals surface area contributed by atoms with Gasteiger partial charge in [-0.15, -0.1) is 0 Å². The average Bonchev–Trinajstić information content (AvgIpc) is 2.47. The molecule has 0 radical (unpaired) electrons. The number of sulfonamides is 1. The van der Waals surface area contributed by atoms with E-state index in [4.69, 9.17) is 5.26 Å². The van der Waals surface area contributed by atoms with Crippen LogP contribution >= 0.6 is 0 Å². The summed E-state index contributed by atoms with van der Waals surface area (Å²) in [6, 6.07) is 12.0. The van der Waals surface area contributed by atoms with Crippen molar-refractivity contribution in [3.05, 3.63) is 65.5 Å². The number of aromatic nitrogens is 1.